The fourth-order valence-electron chi connectivity index (χ4n) is 1.91. The van der Waals surface area contributed by atoms with E-state index in [2.05, 4.69) is 5.32 Å². The Morgan fingerprint density at radius 2 is 2.05 bits per heavy atom. The molecule has 114 valence electrons. The summed E-state index contributed by atoms with van der Waals surface area (Å²) in [4.78, 5) is 23.5. The van der Waals surface area contributed by atoms with Crippen LogP contribution in [0.5, 0.6) is 0 Å². The van der Waals surface area contributed by atoms with Crippen LogP contribution in [0.3, 0.4) is 0 Å². The molecule has 1 saturated heterocycles. The van der Waals surface area contributed by atoms with Crippen molar-refractivity contribution in [3.8, 4) is 0 Å². The number of carbonyl (C=O) groups is 2. The van der Waals surface area contributed by atoms with E-state index in [4.69, 9.17) is 9.47 Å². The number of hydrogen-bond acceptors (Lipinski definition) is 4. The lowest BCUT2D eigenvalue weighted by Gasteiger charge is -2.16. The zero-order valence-electron chi connectivity index (χ0n) is 11.4. The number of carbonyl (C=O) groups excluding carboxylic acids is 2. The van der Waals surface area contributed by atoms with Gasteiger partial charge >= 0.3 is 5.97 Å². The Hall–Kier alpha value is -2.02. The molecule has 7 heteroatoms. The average Bonchev–Trinajstić information content (AvgIpc) is 2.97. The van der Waals surface area contributed by atoms with Gasteiger partial charge in [0, 0.05) is 6.61 Å². The maximum atomic E-state index is 13.4. The highest BCUT2D eigenvalue weighted by Crippen LogP contribution is 2.19. The molecule has 5 nitrogen and oxygen atoms in total. The van der Waals surface area contributed by atoms with Gasteiger partial charge in [0.15, 0.2) is 12.2 Å². The summed E-state index contributed by atoms with van der Waals surface area (Å²) in [5.41, 5.74) is -0.567. The number of hydrogen-bond donors (Lipinski definition) is 1. The molecule has 0 aliphatic carbocycles. The van der Waals surface area contributed by atoms with E-state index in [-0.39, 0.29) is 0 Å². The summed E-state index contributed by atoms with van der Waals surface area (Å²) < 4.78 is 36.9. The number of nitrogens with one attached hydrogen (secondary N) is 1. The molecule has 1 amide bonds. The number of amides is 1. The van der Waals surface area contributed by atoms with Gasteiger partial charge in [-0.3, -0.25) is 4.79 Å². The number of ether oxygens (including phenoxy) is 2. The molecule has 0 aromatic heterocycles. The molecule has 0 spiro atoms. The molecule has 21 heavy (non-hydrogen) atoms. The zero-order valence-corrected chi connectivity index (χ0v) is 11.4. The van der Waals surface area contributed by atoms with Crippen molar-refractivity contribution in [2.45, 2.75) is 32.0 Å². The Bertz CT molecular complexity index is 524. The van der Waals surface area contributed by atoms with Crippen molar-refractivity contribution in [2.75, 3.05) is 11.9 Å². The molecule has 2 rings (SSSR count). The van der Waals surface area contributed by atoms with Crippen molar-refractivity contribution < 1.29 is 27.8 Å². The monoisotopic (exact) mass is 299 g/mol. The lowest BCUT2D eigenvalue weighted by Crippen LogP contribution is -2.34. The summed E-state index contributed by atoms with van der Waals surface area (Å²) in [5.74, 6) is -3.27. The third-order valence-corrected chi connectivity index (χ3v) is 3.07. The standard InChI is InChI=1S/C14H15F2NO4/c1-8(21-14(19)11-6-3-7-20-11)13(18)17-12-9(15)4-2-5-10(12)16/h2,4-5,8,11H,3,6-7H2,1H3,(H,17,18)/t8-,11-/m0/s1. The van der Waals surface area contributed by atoms with Crippen LogP contribution in [-0.4, -0.2) is 30.7 Å². The normalized spacial score (nSPS) is 19.1. The fourth-order valence-corrected chi connectivity index (χ4v) is 1.91. The third kappa shape index (κ3) is 3.75. The van der Waals surface area contributed by atoms with Crippen LogP contribution in [0.25, 0.3) is 0 Å². The molecule has 1 aliphatic rings. The second kappa shape index (κ2) is 6.62. The molecule has 1 aromatic rings. The number of anilines is 1. The smallest absolute Gasteiger partial charge is 0.336 e. The lowest BCUT2D eigenvalue weighted by atomic mass is 10.2. The second-order valence-electron chi connectivity index (χ2n) is 4.67. The summed E-state index contributed by atoms with van der Waals surface area (Å²) in [6, 6.07) is 3.21. The molecular formula is C14H15F2NO4. The molecule has 1 N–H and O–H groups in total. The van der Waals surface area contributed by atoms with E-state index in [0.717, 1.165) is 18.6 Å². The van der Waals surface area contributed by atoms with Gasteiger partial charge in [-0.1, -0.05) is 6.07 Å². The van der Waals surface area contributed by atoms with Crippen LogP contribution >= 0.6 is 0 Å². The van der Waals surface area contributed by atoms with Crippen LogP contribution in [0.4, 0.5) is 14.5 Å². The van der Waals surface area contributed by atoms with Crippen LogP contribution in [-0.2, 0) is 19.1 Å². The van der Waals surface area contributed by atoms with Gasteiger partial charge in [0.1, 0.15) is 17.3 Å². The van der Waals surface area contributed by atoms with E-state index in [0.29, 0.717) is 13.0 Å². The van der Waals surface area contributed by atoms with Crippen LogP contribution in [0, 0.1) is 11.6 Å². The highest BCUT2D eigenvalue weighted by molar-refractivity contribution is 5.95. The van der Waals surface area contributed by atoms with Crippen LogP contribution in [0.15, 0.2) is 18.2 Å². The summed E-state index contributed by atoms with van der Waals surface area (Å²) in [5, 5.41) is 2.07. The zero-order chi connectivity index (χ0) is 15.4. The molecule has 0 bridgehead atoms. The van der Waals surface area contributed by atoms with Gasteiger partial charge in [-0.2, -0.15) is 0 Å². The van der Waals surface area contributed by atoms with Gasteiger partial charge in [0.25, 0.3) is 5.91 Å². The molecule has 1 aliphatic heterocycles. The first-order valence-electron chi connectivity index (χ1n) is 6.56. The highest BCUT2D eigenvalue weighted by atomic mass is 19.1. The first kappa shape index (κ1) is 15.4. The predicted octanol–water partition coefficient (Wildman–Crippen LogP) is 2.01. The van der Waals surface area contributed by atoms with Gasteiger partial charge in [-0.25, -0.2) is 13.6 Å². The molecule has 1 aromatic carbocycles. The number of esters is 1. The second-order valence-corrected chi connectivity index (χ2v) is 4.67. The van der Waals surface area contributed by atoms with E-state index in [1.807, 2.05) is 0 Å². The van der Waals surface area contributed by atoms with Crippen molar-refractivity contribution in [3.05, 3.63) is 29.8 Å². The Morgan fingerprint density at radius 3 is 2.62 bits per heavy atom. The summed E-state index contributed by atoms with van der Waals surface area (Å²) in [7, 11) is 0. The topological polar surface area (TPSA) is 64.6 Å². The number of benzene rings is 1. The van der Waals surface area contributed by atoms with Gasteiger partial charge in [0.2, 0.25) is 0 Å². The van der Waals surface area contributed by atoms with Crippen molar-refractivity contribution in [1.82, 2.24) is 0 Å². The predicted molar refractivity (Wildman–Crippen MR) is 69.5 cm³/mol. The van der Waals surface area contributed by atoms with Gasteiger partial charge in [-0.05, 0) is 31.9 Å². The maximum absolute atomic E-state index is 13.4. The number of rotatable bonds is 4. The Morgan fingerprint density at radius 1 is 1.38 bits per heavy atom. The number of para-hydroxylation sites is 1. The fraction of sp³-hybridized carbons (Fsp3) is 0.429. The van der Waals surface area contributed by atoms with E-state index in [1.54, 1.807) is 0 Å². The van der Waals surface area contributed by atoms with Crippen molar-refractivity contribution in [2.24, 2.45) is 0 Å². The minimum atomic E-state index is -1.18. The molecule has 1 fully saturated rings. The lowest BCUT2D eigenvalue weighted by molar-refractivity contribution is -0.162. The van der Waals surface area contributed by atoms with Crippen LogP contribution in [0.1, 0.15) is 19.8 Å². The highest BCUT2D eigenvalue weighted by Gasteiger charge is 2.28. The Balaban J connectivity index is 1.94. The minimum absolute atomic E-state index is 0.473. The molecule has 0 saturated carbocycles. The van der Waals surface area contributed by atoms with Gasteiger partial charge < -0.3 is 14.8 Å². The Labute approximate surface area is 120 Å². The quantitative estimate of drug-likeness (QED) is 0.864. The molecule has 0 radical (unpaired) electrons. The van der Waals surface area contributed by atoms with Crippen LogP contribution in [0.2, 0.25) is 0 Å². The first-order chi connectivity index (χ1) is 9.99. The molecule has 1 heterocycles. The largest absolute Gasteiger partial charge is 0.451 e. The van der Waals surface area contributed by atoms with Gasteiger partial charge in [0.05, 0.1) is 0 Å². The van der Waals surface area contributed by atoms with Crippen molar-refractivity contribution >= 4 is 17.6 Å². The van der Waals surface area contributed by atoms with E-state index in [9.17, 15) is 18.4 Å². The minimum Gasteiger partial charge on any atom is -0.451 e. The summed E-state index contributed by atoms with van der Waals surface area (Å²) in [6.45, 7) is 1.79. The third-order valence-electron chi connectivity index (χ3n) is 3.07. The number of halogens is 2. The maximum Gasteiger partial charge on any atom is 0.336 e. The van der Waals surface area contributed by atoms with Crippen molar-refractivity contribution in [3.63, 3.8) is 0 Å². The summed E-state index contributed by atoms with van der Waals surface area (Å²) in [6.07, 6.45) is -0.568. The van der Waals surface area contributed by atoms with E-state index in [1.165, 1.54) is 13.0 Å². The van der Waals surface area contributed by atoms with Gasteiger partial charge in [-0.15, -0.1) is 0 Å². The Kier molecular flexibility index (Phi) is 4.85. The summed E-state index contributed by atoms with van der Waals surface area (Å²) >= 11 is 0. The molecule has 2 atom stereocenters. The SMILES string of the molecule is C[C@H](OC(=O)[C@@H]1CCCO1)C(=O)Nc1c(F)cccc1F. The molecule has 0 unspecified atom stereocenters. The molecular weight excluding hydrogens is 284 g/mol. The van der Waals surface area contributed by atoms with Crippen LogP contribution < -0.4 is 5.32 Å². The first-order valence-corrected chi connectivity index (χ1v) is 6.56. The van der Waals surface area contributed by atoms with E-state index >= 15 is 0 Å². The average molecular weight is 299 g/mol. The van der Waals surface area contributed by atoms with Crippen molar-refractivity contribution in [1.29, 1.82) is 0 Å². The van der Waals surface area contributed by atoms with E-state index < -0.39 is 41.4 Å².